The third kappa shape index (κ3) is 4.72. The largest absolute Gasteiger partial charge is 0.489 e. The van der Waals surface area contributed by atoms with E-state index in [1.165, 1.54) is 23.2 Å². The molecule has 1 aliphatic heterocycles. The van der Waals surface area contributed by atoms with Crippen molar-refractivity contribution in [1.82, 2.24) is 9.79 Å². The fraction of sp³-hybridized carbons (Fsp3) is 0.292. The van der Waals surface area contributed by atoms with Gasteiger partial charge in [0, 0.05) is 6.54 Å². The van der Waals surface area contributed by atoms with Crippen molar-refractivity contribution in [3.8, 4) is 5.75 Å². The van der Waals surface area contributed by atoms with Crippen LogP contribution in [0.2, 0.25) is 0 Å². The molecule has 2 unspecified atom stereocenters. The minimum Gasteiger partial charge on any atom is -0.489 e. The standard InChI is InChI=1S/C24H26N2O6S/c1-16-6-7-17(22-5-3-2-4-21(16)22)15-32-19-8-10-20(11-9-19)33(30,31)26-13-12-18(27)14-23(26)24(28)25-29/h2-11,18,23,27,29H,12-15H2,1H3,(H,25,28). The van der Waals surface area contributed by atoms with Gasteiger partial charge in [-0.15, -0.1) is 0 Å². The summed E-state index contributed by atoms with van der Waals surface area (Å²) in [6.07, 6.45) is -0.690. The molecule has 0 saturated carbocycles. The number of carbonyl (C=O) groups excluding carboxylic acids is 1. The van der Waals surface area contributed by atoms with Crippen LogP contribution in [0.15, 0.2) is 65.6 Å². The maximum absolute atomic E-state index is 13.1. The average molecular weight is 471 g/mol. The second kappa shape index (κ2) is 9.48. The number of rotatable bonds is 6. The highest BCUT2D eigenvalue weighted by Gasteiger charge is 2.40. The third-order valence-electron chi connectivity index (χ3n) is 6.00. The zero-order chi connectivity index (χ0) is 23.6. The van der Waals surface area contributed by atoms with E-state index < -0.39 is 28.1 Å². The first-order chi connectivity index (χ1) is 15.8. The highest BCUT2D eigenvalue weighted by Crippen LogP contribution is 2.28. The SMILES string of the molecule is Cc1ccc(COc2ccc(S(=O)(=O)N3CCC(O)CC3C(=O)NO)cc2)c2ccccc12. The number of benzene rings is 3. The monoisotopic (exact) mass is 470 g/mol. The Kier molecular flexibility index (Phi) is 6.66. The van der Waals surface area contributed by atoms with Crippen LogP contribution in [0.4, 0.5) is 0 Å². The fourth-order valence-corrected chi connectivity index (χ4v) is 5.78. The summed E-state index contributed by atoms with van der Waals surface area (Å²) < 4.78 is 33.2. The second-order valence-corrected chi connectivity index (χ2v) is 10.0. The maximum Gasteiger partial charge on any atom is 0.261 e. The average Bonchev–Trinajstić information content (AvgIpc) is 2.83. The van der Waals surface area contributed by atoms with E-state index in [0.29, 0.717) is 12.4 Å². The number of ether oxygens (including phenoxy) is 1. The number of piperidine rings is 1. The molecule has 3 N–H and O–H groups in total. The van der Waals surface area contributed by atoms with Crippen molar-refractivity contribution in [2.75, 3.05) is 6.54 Å². The molecule has 2 atom stereocenters. The number of fused-ring (bicyclic) bond motifs is 1. The van der Waals surface area contributed by atoms with Crippen molar-refractivity contribution in [2.45, 2.75) is 43.4 Å². The summed E-state index contributed by atoms with van der Waals surface area (Å²) >= 11 is 0. The topological polar surface area (TPSA) is 116 Å². The molecule has 1 saturated heterocycles. The van der Waals surface area contributed by atoms with Crippen molar-refractivity contribution < 1.29 is 28.3 Å². The van der Waals surface area contributed by atoms with Gasteiger partial charge >= 0.3 is 0 Å². The molecular weight excluding hydrogens is 444 g/mol. The van der Waals surface area contributed by atoms with Gasteiger partial charge in [0.05, 0.1) is 11.0 Å². The number of nitrogens with zero attached hydrogens (tertiary/aromatic N) is 1. The van der Waals surface area contributed by atoms with Gasteiger partial charge in [0.25, 0.3) is 5.91 Å². The van der Waals surface area contributed by atoms with Crippen LogP contribution in [-0.4, -0.2) is 47.6 Å². The van der Waals surface area contributed by atoms with Crippen molar-refractivity contribution in [1.29, 1.82) is 0 Å². The quantitative estimate of drug-likeness (QED) is 0.377. The molecule has 0 aliphatic carbocycles. The number of hydrogen-bond donors (Lipinski definition) is 3. The van der Waals surface area contributed by atoms with E-state index >= 15 is 0 Å². The molecule has 0 aromatic heterocycles. The van der Waals surface area contributed by atoms with Crippen LogP contribution in [0.5, 0.6) is 5.75 Å². The van der Waals surface area contributed by atoms with Crippen LogP contribution < -0.4 is 10.2 Å². The van der Waals surface area contributed by atoms with Gasteiger partial charge < -0.3 is 9.84 Å². The molecule has 174 valence electrons. The molecule has 0 bridgehead atoms. The zero-order valence-electron chi connectivity index (χ0n) is 18.1. The summed E-state index contributed by atoms with van der Waals surface area (Å²) in [6, 6.07) is 17.0. The summed E-state index contributed by atoms with van der Waals surface area (Å²) in [6.45, 7) is 2.36. The lowest BCUT2D eigenvalue weighted by atomic mass is 10.0. The number of amides is 1. The van der Waals surface area contributed by atoms with Crippen molar-refractivity contribution >= 4 is 26.7 Å². The lowest BCUT2D eigenvalue weighted by Gasteiger charge is -2.35. The number of aliphatic hydroxyl groups excluding tert-OH is 1. The highest BCUT2D eigenvalue weighted by atomic mass is 32.2. The van der Waals surface area contributed by atoms with E-state index in [0.717, 1.165) is 20.6 Å². The van der Waals surface area contributed by atoms with Gasteiger partial charge in [-0.05, 0) is 65.9 Å². The molecule has 33 heavy (non-hydrogen) atoms. The first-order valence-electron chi connectivity index (χ1n) is 10.6. The maximum atomic E-state index is 13.1. The predicted octanol–water partition coefficient (Wildman–Crippen LogP) is 2.75. The summed E-state index contributed by atoms with van der Waals surface area (Å²) in [5, 5.41) is 21.1. The van der Waals surface area contributed by atoms with Crippen molar-refractivity contribution in [2.24, 2.45) is 0 Å². The van der Waals surface area contributed by atoms with Crippen LogP contribution >= 0.6 is 0 Å². The Balaban J connectivity index is 1.51. The van der Waals surface area contributed by atoms with E-state index in [4.69, 9.17) is 9.94 Å². The van der Waals surface area contributed by atoms with Gasteiger partial charge in [-0.3, -0.25) is 10.0 Å². The number of carbonyl (C=O) groups is 1. The summed E-state index contributed by atoms with van der Waals surface area (Å²) in [7, 11) is -4.01. The Morgan fingerprint density at radius 2 is 1.79 bits per heavy atom. The van der Waals surface area contributed by atoms with Gasteiger partial charge in [-0.25, -0.2) is 13.9 Å². The molecule has 1 amide bonds. The number of hydroxylamine groups is 1. The van der Waals surface area contributed by atoms with E-state index in [9.17, 15) is 18.3 Å². The van der Waals surface area contributed by atoms with Crippen molar-refractivity contribution in [3.63, 3.8) is 0 Å². The summed E-state index contributed by atoms with van der Waals surface area (Å²) in [5.41, 5.74) is 3.70. The Bertz CT molecular complexity index is 1260. The molecular formula is C24H26N2O6S. The molecule has 1 aliphatic rings. The number of hydrogen-bond acceptors (Lipinski definition) is 6. The van der Waals surface area contributed by atoms with E-state index in [1.807, 2.05) is 30.3 Å². The van der Waals surface area contributed by atoms with Gasteiger partial charge in [-0.1, -0.05) is 36.4 Å². The Morgan fingerprint density at radius 1 is 1.09 bits per heavy atom. The summed E-state index contributed by atoms with van der Waals surface area (Å²) in [5.74, 6) is -0.361. The Labute approximate surface area is 192 Å². The molecule has 0 radical (unpaired) electrons. The lowest BCUT2D eigenvalue weighted by Crippen LogP contribution is -2.54. The zero-order valence-corrected chi connectivity index (χ0v) is 19.0. The Hall–Kier alpha value is -2.98. The fourth-order valence-electron chi connectivity index (χ4n) is 4.17. The van der Waals surface area contributed by atoms with Gasteiger partial charge in [-0.2, -0.15) is 4.31 Å². The second-order valence-electron chi connectivity index (χ2n) is 8.13. The molecule has 1 heterocycles. The van der Waals surface area contributed by atoms with E-state index in [-0.39, 0.29) is 24.3 Å². The smallest absolute Gasteiger partial charge is 0.261 e. The van der Waals surface area contributed by atoms with Gasteiger partial charge in [0.1, 0.15) is 18.4 Å². The van der Waals surface area contributed by atoms with E-state index in [2.05, 4.69) is 13.0 Å². The molecule has 0 spiro atoms. The molecule has 3 aromatic rings. The Morgan fingerprint density at radius 3 is 2.48 bits per heavy atom. The van der Waals surface area contributed by atoms with Crippen LogP contribution in [0.25, 0.3) is 10.8 Å². The van der Waals surface area contributed by atoms with Crippen molar-refractivity contribution in [3.05, 3.63) is 71.8 Å². The normalized spacial score (nSPS) is 19.4. The predicted molar refractivity (Wildman–Crippen MR) is 122 cm³/mol. The van der Waals surface area contributed by atoms with Gasteiger partial charge in [0.2, 0.25) is 10.0 Å². The number of sulfonamides is 1. The highest BCUT2D eigenvalue weighted by molar-refractivity contribution is 7.89. The molecule has 3 aromatic carbocycles. The van der Waals surface area contributed by atoms with Crippen LogP contribution in [0, 0.1) is 6.92 Å². The number of aryl methyl sites for hydroxylation is 1. The van der Waals surface area contributed by atoms with Crippen LogP contribution in [0.1, 0.15) is 24.0 Å². The van der Waals surface area contributed by atoms with E-state index in [1.54, 1.807) is 12.1 Å². The first kappa shape index (κ1) is 23.2. The lowest BCUT2D eigenvalue weighted by molar-refractivity contribution is -0.135. The molecule has 9 heteroatoms. The molecule has 4 rings (SSSR count). The minimum atomic E-state index is -4.01. The van der Waals surface area contributed by atoms with Crippen LogP contribution in [-0.2, 0) is 21.4 Å². The molecule has 8 nitrogen and oxygen atoms in total. The van der Waals surface area contributed by atoms with Crippen LogP contribution in [0.3, 0.4) is 0 Å². The molecule has 1 fully saturated rings. The minimum absolute atomic E-state index is 0.00256. The first-order valence-corrected chi connectivity index (χ1v) is 12.1. The number of nitrogens with one attached hydrogen (secondary N) is 1. The summed E-state index contributed by atoms with van der Waals surface area (Å²) in [4.78, 5) is 12.0. The third-order valence-corrected chi connectivity index (χ3v) is 7.92. The number of aliphatic hydroxyl groups is 1. The van der Waals surface area contributed by atoms with Gasteiger partial charge in [0.15, 0.2) is 0 Å².